The van der Waals surface area contributed by atoms with Gasteiger partial charge in [-0.1, -0.05) is 51.6 Å². The van der Waals surface area contributed by atoms with Gasteiger partial charge in [-0.15, -0.1) is 0 Å². The van der Waals surface area contributed by atoms with Crippen LogP contribution in [0.15, 0.2) is 65.6 Å². The van der Waals surface area contributed by atoms with Gasteiger partial charge in [0.2, 0.25) is 0 Å². The van der Waals surface area contributed by atoms with Gasteiger partial charge in [0.25, 0.3) is 0 Å². The van der Waals surface area contributed by atoms with Gasteiger partial charge in [0, 0.05) is 17.2 Å². The molecule has 0 amide bonds. The van der Waals surface area contributed by atoms with Crippen LogP contribution in [0.1, 0.15) is 61.8 Å². The molecule has 0 heterocycles. The highest BCUT2D eigenvalue weighted by atomic mass is 16.3. The standard InChI is InChI=1S/C31H42N2O2/c1-9-10-11-12-22-14-13-17(2)26-18(3)27-19(4)31(35)20(5)28(21(6)32)30(34)29(33(7)8)25(31)16-23(27)15-24(22)26/h13-14,23,25,29,34-35H,3,5-6,9-12,15-16,32H2,1-2,4,7-8H3/t23-,25-,29-,31-/m0/s1. The highest BCUT2D eigenvalue weighted by Crippen LogP contribution is 2.57. The van der Waals surface area contributed by atoms with Crippen LogP contribution < -0.4 is 5.73 Å². The molecule has 0 saturated carbocycles. The Morgan fingerprint density at radius 2 is 1.89 bits per heavy atom. The third-order valence-corrected chi connectivity index (χ3v) is 8.76. The van der Waals surface area contributed by atoms with Crippen LogP contribution >= 0.6 is 0 Å². The second-order valence-electron chi connectivity index (χ2n) is 11.1. The number of allylic oxidation sites excluding steroid dienone is 3. The summed E-state index contributed by atoms with van der Waals surface area (Å²) in [5.41, 5.74) is 14.2. The van der Waals surface area contributed by atoms with Gasteiger partial charge in [-0.25, -0.2) is 0 Å². The number of aliphatic hydroxyl groups is 2. The first-order valence-electron chi connectivity index (χ1n) is 12.9. The van der Waals surface area contributed by atoms with Crippen LogP contribution in [0.3, 0.4) is 0 Å². The minimum absolute atomic E-state index is 0.157. The van der Waals surface area contributed by atoms with Gasteiger partial charge >= 0.3 is 0 Å². The van der Waals surface area contributed by atoms with Gasteiger partial charge in [-0.2, -0.15) is 0 Å². The van der Waals surface area contributed by atoms with Crippen molar-refractivity contribution in [2.45, 2.75) is 70.9 Å². The maximum Gasteiger partial charge on any atom is 0.119 e. The van der Waals surface area contributed by atoms with Gasteiger partial charge in [-0.05, 0) is 104 Å². The molecule has 1 aromatic rings. The molecule has 0 aromatic heterocycles. The molecule has 4 N–H and O–H groups in total. The molecule has 3 aliphatic carbocycles. The molecule has 188 valence electrons. The fraction of sp³-hybridized carbons (Fsp3) is 0.484. The second kappa shape index (κ2) is 9.15. The average Bonchev–Trinajstić information content (AvgIpc) is 2.77. The Bertz CT molecular complexity index is 1170. The topological polar surface area (TPSA) is 69.7 Å². The third kappa shape index (κ3) is 3.73. The summed E-state index contributed by atoms with van der Waals surface area (Å²) in [6.45, 7) is 19.1. The molecule has 4 nitrogen and oxygen atoms in total. The van der Waals surface area contributed by atoms with E-state index in [2.05, 4.69) is 45.7 Å². The summed E-state index contributed by atoms with van der Waals surface area (Å²) in [4.78, 5) is 1.98. The van der Waals surface area contributed by atoms with Crippen molar-refractivity contribution in [2.75, 3.05) is 14.1 Å². The Labute approximate surface area is 211 Å². The lowest BCUT2D eigenvalue weighted by Crippen LogP contribution is -2.58. The zero-order valence-corrected chi connectivity index (χ0v) is 22.2. The minimum Gasteiger partial charge on any atom is -0.510 e. The van der Waals surface area contributed by atoms with E-state index in [-0.39, 0.29) is 29.3 Å². The van der Waals surface area contributed by atoms with E-state index < -0.39 is 5.60 Å². The third-order valence-electron chi connectivity index (χ3n) is 8.76. The molecule has 1 aromatic carbocycles. The number of benzene rings is 1. The summed E-state index contributed by atoms with van der Waals surface area (Å²) in [6, 6.07) is 4.14. The molecule has 0 aliphatic heterocycles. The number of nitrogens with zero attached hydrogens (tertiary/aromatic N) is 1. The highest BCUT2D eigenvalue weighted by Gasteiger charge is 2.57. The minimum atomic E-state index is -1.32. The Morgan fingerprint density at radius 3 is 2.49 bits per heavy atom. The second-order valence-corrected chi connectivity index (χ2v) is 11.1. The summed E-state index contributed by atoms with van der Waals surface area (Å²) < 4.78 is 0. The lowest BCUT2D eigenvalue weighted by molar-refractivity contribution is -0.0178. The fourth-order valence-electron chi connectivity index (χ4n) is 7.14. The SMILES string of the molecule is C=C(N)C1=C(O)[C@@H](N(C)C)[C@@H]2C[C@@H]3Cc4c(CCCCC)ccc(C)c4C(=C)C3=C(C)[C@]2(O)C1=C. The maximum absolute atomic E-state index is 12.4. The maximum atomic E-state index is 12.4. The largest absolute Gasteiger partial charge is 0.510 e. The first-order valence-corrected chi connectivity index (χ1v) is 12.9. The van der Waals surface area contributed by atoms with Gasteiger partial charge in [0.15, 0.2) is 0 Å². The summed E-state index contributed by atoms with van der Waals surface area (Å²) in [7, 11) is 3.87. The predicted octanol–water partition coefficient (Wildman–Crippen LogP) is 5.77. The molecule has 4 heteroatoms. The summed E-state index contributed by atoms with van der Waals surface area (Å²) in [5.74, 6) is 0.145. The van der Waals surface area contributed by atoms with E-state index in [4.69, 9.17) is 5.73 Å². The van der Waals surface area contributed by atoms with Gasteiger partial charge in [-0.3, -0.25) is 4.90 Å². The zero-order valence-electron chi connectivity index (χ0n) is 22.2. The monoisotopic (exact) mass is 474 g/mol. The Kier molecular flexibility index (Phi) is 6.67. The van der Waals surface area contributed by atoms with Crippen LogP contribution in [0.2, 0.25) is 0 Å². The number of hydrogen-bond acceptors (Lipinski definition) is 4. The van der Waals surface area contributed by atoms with Gasteiger partial charge in [0.05, 0.1) is 6.04 Å². The molecule has 0 bridgehead atoms. The van der Waals surface area contributed by atoms with E-state index in [1.165, 1.54) is 41.5 Å². The van der Waals surface area contributed by atoms with Crippen LogP contribution in [0.5, 0.6) is 0 Å². The number of rotatable bonds is 6. The Balaban J connectivity index is 1.89. The molecule has 0 radical (unpaired) electrons. The number of likely N-dealkylation sites (N-methyl/N-ethyl adjacent to an activating group) is 1. The van der Waals surface area contributed by atoms with E-state index in [9.17, 15) is 10.2 Å². The zero-order chi connectivity index (χ0) is 25.8. The van der Waals surface area contributed by atoms with Crippen LogP contribution in [0, 0.1) is 18.8 Å². The van der Waals surface area contributed by atoms with Crippen molar-refractivity contribution in [3.63, 3.8) is 0 Å². The van der Waals surface area contributed by atoms with Crippen molar-refractivity contribution < 1.29 is 10.2 Å². The van der Waals surface area contributed by atoms with Gasteiger partial charge < -0.3 is 15.9 Å². The van der Waals surface area contributed by atoms with Crippen molar-refractivity contribution in [2.24, 2.45) is 17.6 Å². The van der Waals surface area contributed by atoms with E-state index in [0.29, 0.717) is 11.1 Å². The van der Waals surface area contributed by atoms with E-state index in [0.717, 1.165) is 36.0 Å². The van der Waals surface area contributed by atoms with Crippen molar-refractivity contribution in [3.8, 4) is 0 Å². The van der Waals surface area contributed by atoms with Crippen LogP contribution in [-0.2, 0) is 12.8 Å². The number of fused-ring (bicyclic) bond motifs is 3. The van der Waals surface area contributed by atoms with Gasteiger partial charge in [0.1, 0.15) is 11.4 Å². The van der Waals surface area contributed by atoms with Crippen molar-refractivity contribution in [1.82, 2.24) is 4.90 Å². The number of unbranched alkanes of at least 4 members (excludes halogenated alkanes) is 2. The smallest absolute Gasteiger partial charge is 0.119 e. The molecular weight excluding hydrogens is 432 g/mol. The van der Waals surface area contributed by atoms with E-state index >= 15 is 0 Å². The molecule has 0 unspecified atom stereocenters. The normalized spacial score (nSPS) is 28.3. The molecule has 4 atom stereocenters. The average molecular weight is 475 g/mol. The number of nitrogens with two attached hydrogens (primary N) is 1. The van der Waals surface area contributed by atoms with E-state index in [1.54, 1.807) is 0 Å². The van der Waals surface area contributed by atoms with Crippen molar-refractivity contribution in [3.05, 3.63) is 87.9 Å². The van der Waals surface area contributed by atoms with Crippen molar-refractivity contribution in [1.29, 1.82) is 0 Å². The quantitative estimate of drug-likeness (QED) is 0.458. The molecule has 3 aliphatic rings. The fourth-order valence-corrected chi connectivity index (χ4v) is 7.14. The number of hydrogen-bond donors (Lipinski definition) is 3. The first-order chi connectivity index (χ1) is 16.5. The van der Waals surface area contributed by atoms with Crippen molar-refractivity contribution >= 4 is 5.57 Å². The highest BCUT2D eigenvalue weighted by molar-refractivity contribution is 5.86. The summed E-state index contributed by atoms with van der Waals surface area (Å²) in [6.07, 6.45) is 6.40. The predicted molar refractivity (Wildman–Crippen MR) is 146 cm³/mol. The molecule has 0 spiro atoms. The lowest BCUT2D eigenvalue weighted by atomic mass is 9.55. The Hall–Kier alpha value is -2.56. The van der Waals surface area contributed by atoms with Crippen LogP contribution in [-0.4, -0.2) is 40.9 Å². The lowest BCUT2D eigenvalue weighted by Gasteiger charge is -2.54. The van der Waals surface area contributed by atoms with Crippen LogP contribution in [0.25, 0.3) is 5.57 Å². The number of aryl methyl sites for hydroxylation is 2. The molecule has 4 rings (SSSR count). The first kappa shape index (κ1) is 25.5. The number of aliphatic hydroxyl groups excluding tert-OH is 1. The Morgan fingerprint density at radius 1 is 1.20 bits per heavy atom. The molecule has 0 saturated heterocycles. The molecule has 0 fully saturated rings. The summed E-state index contributed by atoms with van der Waals surface area (Å²) in [5, 5.41) is 23.7. The van der Waals surface area contributed by atoms with E-state index in [1.807, 2.05) is 25.9 Å². The van der Waals surface area contributed by atoms with Crippen LogP contribution in [0.4, 0.5) is 0 Å². The molecular formula is C31H42N2O2. The molecule has 35 heavy (non-hydrogen) atoms. The summed E-state index contributed by atoms with van der Waals surface area (Å²) >= 11 is 0.